The maximum atomic E-state index is 12.3. The Labute approximate surface area is 170 Å². The monoisotopic (exact) mass is 400 g/mol. The molecule has 3 amide bonds. The maximum Gasteiger partial charge on any atom is 0.338 e. The van der Waals surface area contributed by atoms with Crippen molar-refractivity contribution in [3.63, 3.8) is 0 Å². The molecule has 1 aromatic carbocycles. The van der Waals surface area contributed by atoms with Crippen LogP contribution in [0.25, 0.3) is 0 Å². The fourth-order valence-corrected chi connectivity index (χ4v) is 3.79. The Kier molecular flexibility index (Phi) is 7.01. The summed E-state index contributed by atoms with van der Waals surface area (Å²) in [5, 5.41) is 2.88. The number of amides is 3. The molecule has 1 aliphatic carbocycles. The summed E-state index contributed by atoms with van der Waals surface area (Å²) in [6.45, 7) is 2.39. The zero-order valence-electron chi connectivity index (χ0n) is 16.8. The Bertz CT molecular complexity index is 752. The lowest BCUT2D eigenvalue weighted by Gasteiger charge is -2.22. The van der Waals surface area contributed by atoms with Crippen molar-refractivity contribution in [2.24, 2.45) is 5.92 Å². The maximum absolute atomic E-state index is 12.3. The Balaban J connectivity index is 1.47. The Morgan fingerprint density at radius 1 is 1.07 bits per heavy atom. The number of hydrogen-bond acceptors (Lipinski definition) is 5. The molecule has 1 heterocycles. The van der Waals surface area contributed by atoms with Crippen LogP contribution in [0.3, 0.4) is 0 Å². The van der Waals surface area contributed by atoms with Gasteiger partial charge in [0, 0.05) is 19.4 Å². The van der Waals surface area contributed by atoms with Crippen LogP contribution < -0.4 is 5.32 Å². The fraction of sp³-hybridized carbons (Fsp3) is 0.545. The molecule has 1 aliphatic heterocycles. The second-order valence-corrected chi connectivity index (χ2v) is 7.87. The van der Waals surface area contributed by atoms with Gasteiger partial charge >= 0.3 is 5.97 Å². The molecule has 0 unspecified atom stereocenters. The van der Waals surface area contributed by atoms with Crippen molar-refractivity contribution in [1.82, 2.24) is 10.2 Å². The van der Waals surface area contributed by atoms with Gasteiger partial charge in [0.2, 0.25) is 11.8 Å². The predicted octanol–water partition coefficient (Wildman–Crippen LogP) is 2.58. The van der Waals surface area contributed by atoms with Gasteiger partial charge in [0.1, 0.15) is 0 Å². The van der Waals surface area contributed by atoms with Crippen molar-refractivity contribution in [3.05, 3.63) is 35.4 Å². The topological polar surface area (TPSA) is 92.8 Å². The second-order valence-electron chi connectivity index (χ2n) is 7.87. The van der Waals surface area contributed by atoms with Crippen LogP contribution in [-0.2, 0) is 25.7 Å². The number of rotatable bonds is 7. The summed E-state index contributed by atoms with van der Waals surface area (Å²) >= 11 is 0. The number of nitrogens with zero attached hydrogens (tertiary/aromatic N) is 1. The quantitative estimate of drug-likeness (QED) is 0.561. The van der Waals surface area contributed by atoms with E-state index in [1.165, 1.54) is 24.2 Å². The van der Waals surface area contributed by atoms with Gasteiger partial charge in [-0.25, -0.2) is 4.79 Å². The van der Waals surface area contributed by atoms with E-state index < -0.39 is 12.1 Å². The molecule has 1 N–H and O–H groups in total. The van der Waals surface area contributed by atoms with Crippen molar-refractivity contribution in [2.75, 3.05) is 6.54 Å². The average molecular weight is 400 g/mol. The van der Waals surface area contributed by atoms with Crippen LogP contribution >= 0.6 is 0 Å². The number of carbonyl (C=O) groups excluding carboxylic acids is 4. The molecular formula is C22H28N2O5. The lowest BCUT2D eigenvalue weighted by Crippen LogP contribution is -2.38. The zero-order valence-corrected chi connectivity index (χ0v) is 16.8. The average Bonchev–Trinajstić information content (AvgIpc) is 3.05. The van der Waals surface area contributed by atoms with E-state index in [2.05, 4.69) is 5.32 Å². The summed E-state index contributed by atoms with van der Waals surface area (Å²) in [6, 6.07) is 6.53. The highest BCUT2D eigenvalue weighted by atomic mass is 16.5. The molecule has 156 valence electrons. The van der Waals surface area contributed by atoms with Crippen molar-refractivity contribution in [1.29, 1.82) is 0 Å². The van der Waals surface area contributed by atoms with Gasteiger partial charge in [0.15, 0.2) is 6.10 Å². The first-order valence-corrected chi connectivity index (χ1v) is 10.3. The van der Waals surface area contributed by atoms with Gasteiger partial charge in [0.25, 0.3) is 5.91 Å². The molecule has 1 atom stereocenters. The lowest BCUT2D eigenvalue weighted by atomic mass is 9.89. The number of likely N-dealkylation sites (tertiary alicyclic amines) is 1. The molecule has 1 saturated carbocycles. The van der Waals surface area contributed by atoms with Gasteiger partial charge < -0.3 is 10.1 Å². The van der Waals surface area contributed by atoms with Crippen LogP contribution in [0.15, 0.2) is 24.3 Å². The third kappa shape index (κ3) is 5.65. The van der Waals surface area contributed by atoms with Crippen molar-refractivity contribution >= 4 is 23.7 Å². The molecule has 3 rings (SSSR count). The van der Waals surface area contributed by atoms with Crippen LogP contribution in [0.1, 0.15) is 67.8 Å². The first-order valence-electron chi connectivity index (χ1n) is 10.3. The number of benzene rings is 1. The molecule has 7 nitrogen and oxygen atoms in total. The van der Waals surface area contributed by atoms with Gasteiger partial charge in [0.05, 0.1) is 12.1 Å². The Morgan fingerprint density at radius 2 is 1.69 bits per heavy atom. The van der Waals surface area contributed by atoms with E-state index in [0.29, 0.717) is 18.0 Å². The van der Waals surface area contributed by atoms with E-state index in [4.69, 9.17) is 4.74 Å². The predicted molar refractivity (Wildman–Crippen MR) is 106 cm³/mol. The molecular weight excluding hydrogens is 372 g/mol. The molecule has 7 heteroatoms. The lowest BCUT2D eigenvalue weighted by molar-refractivity contribution is -0.139. The van der Waals surface area contributed by atoms with E-state index in [0.717, 1.165) is 18.4 Å². The van der Waals surface area contributed by atoms with Crippen LogP contribution in [-0.4, -0.2) is 41.2 Å². The van der Waals surface area contributed by atoms with Gasteiger partial charge in [-0.3, -0.25) is 19.3 Å². The van der Waals surface area contributed by atoms with Gasteiger partial charge in [-0.15, -0.1) is 0 Å². The molecule has 0 bridgehead atoms. The minimum Gasteiger partial charge on any atom is -0.449 e. The molecule has 1 aromatic rings. The van der Waals surface area contributed by atoms with E-state index >= 15 is 0 Å². The number of ether oxygens (including phenoxy) is 1. The van der Waals surface area contributed by atoms with Gasteiger partial charge in [-0.2, -0.15) is 0 Å². The summed E-state index contributed by atoms with van der Waals surface area (Å²) in [6.07, 6.45) is 5.59. The summed E-state index contributed by atoms with van der Waals surface area (Å²) < 4.78 is 5.28. The van der Waals surface area contributed by atoms with E-state index in [1.807, 2.05) is 0 Å². The van der Waals surface area contributed by atoms with Crippen molar-refractivity contribution < 1.29 is 23.9 Å². The summed E-state index contributed by atoms with van der Waals surface area (Å²) in [5.41, 5.74) is 1.07. The largest absolute Gasteiger partial charge is 0.449 e. The van der Waals surface area contributed by atoms with Crippen LogP contribution in [0, 0.1) is 5.92 Å². The van der Waals surface area contributed by atoms with E-state index in [-0.39, 0.29) is 37.1 Å². The standard InChI is InChI=1S/C22H28N2O5/c1-15(21(27)23-13-16-5-3-2-4-6-16)29-22(28)18-9-7-17(8-10-18)14-24-19(25)11-12-20(24)26/h7-10,15-16H,2-6,11-14H2,1H3,(H,23,27)/t15-/m0/s1. The van der Waals surface area contributed by atoms with Gasteiger partial charge in [-0.1, -0.05) is 31.4 Å². The SMILES string of the molecule is C[C@H](OC(=O)c1ccc(CN2C(=O)CCC2=O)cc1)C(=O)NCC1CCCCC1. The summed E-state index contributed by atoms with van der Waals surface area (Å²) in [4.78, 5) is 49.1. The molecule has 0 spiro atoms. The fourth-order valence-electron chi connectivity index (χ4n) is 3.79. The summed E-state index contributed by atoms with van der Waals surface area (Å²) in [7, 11) is 0. The highest BCUT2D eigenvalue weighted by Gasteiger charge is 2.28. The van der Waals surface area contributed by atoms with Crippen molar-refractivity contribution in [3.8, 4) is 0 Å². The number of carbonyl (C=O) groups is 4. The molecule has 29 heavy (non-hydrogen) atoms. The van der Waals surface area contributed by atoms with E-state index in [1.54, 1.807) is 31.2 Å². The molecule has 1 saturated heterocycles. The minimum atomic E-state index is -0.870. The highest BCUT2D eigenvalue weighted by Crippen LogP contribution is 2.22. The zero-order chi connectivity index (χ0) is 20.8. The Hall–Kier alpha value is -2.70. The smallest absolute Gasteiger partial charge is 0.338 e. The Morgan fingerprint density at radius 3 is 2.31 bits per heavy atom. The number of imide groups is 1. The van der Waals surface area contributed by atoms with Crippen LogP contribution in [0.5, 0.6) is 0 Å². The van der Waals surface area contributed by atoms with Gasteiger partial charge in [-0.05, 0) is 43.4 Å². The third-order valence-electron chi connectivity index (χ3n) is 5.63. The minimum absolute atomic E-state index is 0.174. The summed E-state index contributed by atoms with van der Waals surface area (Å²) in [5.74, 6) is -0.701. The molecule has 0 aromatic heterocycles. The van der Waals surface area contributed by atoms with E-state index in [9.17, 15) is 19.2 Å². The highest BCUT2D eigenvalue weighted by molar-refractivity contribution is 6.01. The number of esters is 1. The molecule has 2 aliphatic rings. The van der Waals surface area contributed by atoms with Crippen molar-refractivity contribution in [2.45, 2.75) is 64.5 Å². The molecule has 0 radical (unpaired) electrons. The van der Waals surface area contributed by atoms with Crippen LogP contribution in [0.4, 0.5) is 0 Å². The first kappa shape index (κ1) is 21.0. The van der Waals surface area contributed by atoms with Crippen LogP contribution in [0.2, 0.25) is 0 Å². The third-order valence-corrected chi connectivity index (χ3v) is 5.63. The number of nitrogens with one attached hydrogen (secondary N) is 1. The molecule has 2 fully saturated rings. The second kappa shape index (κ2) is 9.67. The number of hydrogen-bond donors (Lipinski definition) is 1. The normalized spacial score (nSPS) is 18.6. The first-order chi connectivity index (χ1) is 13.9.